The molecule has 1 aromatic carbocycles. The molecule has 0 fully saturated rings. The summed E-state index contributed by atoms with van der Waals surface area (Å²) in [7, 11) is 0. The Balaban J connectivity index is 0.00000106. The summed E-state index contributed by atoms with van der Waals surface area (Å²) in [5.74, 6) is 0.498. The molecule has 1 aliphatic carbocycles. The fourth-order valence-electron chi connectivity index (χ4n) is 3.36. The summed E-state index contributed by atoms with van der Waals surface area (Å²) in [6.45, 7) is 17.5. The normalized spacial score (nSPS) is 17.3. The van der Waals surface area contributed by atoms with Crippen molar-refractivity contribution in [3.63, 3.8) is 0 Å². The Morgan fingerprint density at radius 1 is 0.952 bits per heavy atom. The van der Waals surface area contributed by atoms with Gasteiger partial charge in [-0.2, -0.15) is 0 Å². The number of hydrogen-bond acceptors (Lipinski definition) is 0. The molecule has 0 saturated heterocycles. The molecule has 1 aliphatic rings. The van der Waals surface area contributed by atoms with Crippen LogP contribution in [-0.4, -0.2) is 0 Å². The molecule has 0 aliphatic heterocycles. The van der Waals surface area contributed by atoms with Gasteiger partial charge in [-0.25, -0.2) is 0 Å². The van der Waals surface area contributed by atoms with Gasteiger partial charge >= 0.3 is 0 Å². The van der Waals surface area contributed by atoms with Gasteiger partial charge in [0.05, 0.1) is 0 Å². The summed E-state index contributed by atoms with van der Waals surface area (Å²) >= 11 is 0. The van der Waals surface area contributed by atoms with E-state index >= 15 is 0 Å². The van der Waals surface area contributed by atoms with Gasteiger partial charge < -0.3 is 0 Å². The van der Waals surface area contributed by atoms with E-state index in [1.165, 1.54) is 46.2 Å². The maximum atomic E-state index is 2.41. The van der Waals surface area contributed by atoms with E-state index in [2.05, 4.69) is 59.8 Å². The Bertz CT molecular complexity index is 552. The molecule has 0 nitrogen and oxygen atoms in total. The summed E-state index contributed by atoms with van der Waals surface area (Å²) in [6.07, 6.45) is 7.18. The van der Waals surface area contributed by atoms with E-state index < -0.39 is 0 Å². The lowest BCUT2D eigenvalue weighted by molar-refractivity contribution is 0.793. The van der Waals surface area contributed by atoms with Crippen molar-refractivity contribution in [3.05, 3.63) is 57.2 Å². The largest absolute Gasteiger partial charge is 0.0873 e. The highest BCUT2D eigenvalue weighted by atomic mass is 14.3. The molecule has 0 spiro atoms. The van der Waals surface area contributed by atoms with Crippen LogP contribution >= 0.6 is 0 Å². The first kappa shape index (κ1) is 17.8. The van der Waals surface area contributed by atoms with E-state index in [-0.39, 0.29) is 0 Å². The van der Waals surface area contributed by atoms with Crippen LogP contribution in [-0.2, 0) is 0 Å². The van der Waals surface area contributed by atoms with E-state index in [1.54, 1.807) is 5.57 Å². The lowest BCUT2D eigenvalue weighted by atomic mass is 9.77. The molecule has 0 radical (unpaired) electrons. The number of aryl methyl sites for hydroxylation is 2. The molecule has 0 heteroatoms. The van der Waals surface area contributed by atoms with Gasteiger partial charge in [0.1, 0.15) is 0 Å². The average Bonchev–Trinajstić information content (AvgIpc) is 2.47. The molecule has 0 heterocycles. The second kappa shape index (κ2) is 7.64. The smallest absolute Gasteiger partial charge is 0.0236 e. The third kappa shape index (κ3) is 3.67. The fraction of sp³-hybridized carbons (Fsp3) is 0.524. The first-order valence-electron chi connectivity index (χ1n) is 8.33. The summed E-state index contributed by atoms with van der Waals surface area (Å²) < 4.78 is 0. The Morgan fingerprint density at radius 2 is 1.57 bits per heavy atom. The fourth-order valence-corrected chi connectivity index (χ4v) is 3.36. The minimum absolute atomic E-state index is 0.498. The monoisotopic (exact) mass is 284 g/mol. The molecule has 0 amide bonds. The van der Waals surface area contributed by atoms with Gasteiger partial charge in [0.15, 0.2) is 0 Å². The van der Waals surface area contributed by atoms with Crippen molar-refractivity contribution in [3.8, 4) is 0 Å². The highest BCUT2D eigenvalue weighted by Crippen LogP contribution is 2.39. The maximum absolute atomic E-state index is 2.41. The van der Waals surface area contributed by atoms with E-state index in [4.69, 9.17) is 0 Å². The van der Waals surface area contributed by atoms with Crippen LogP contribution in [0.5, 0.6) is 0 Å². The zero-order valence-electron chi connectivity index (χ0n) is 15.2. The van der Waals surface area contributed by atoms with Crippen LogP contribution in [0.3, 0.4) is 0 Å². The summed E-state index contributed by atoms with van der Waals surface area (Å²) in [6, 6.07) is 2.35. The number of allylic oxidation sites excluding steroid dienone is 4. The Kier molecular flexibility index (Phi) is 6.45. The average molecular weight is 284 g/mol. The van der Waals surface area contributed by atoms with E-state index in [9.17, 15) is 0 Å². The first-order valence-corrected chi connectivity index (χ1v) is 8.33. The second-order valence-electron chi connectivity index (χ2n) is 6.14. The van der Waals surface area contributed by atoms with Gasteiger partial charge in [0, 0.05) is 5.92 Å². The van der Waals surface area contributed by atoms with E-state index in [0.29, 0.717) is 5.92 Å². The highest BCUT2D eigenvalue weighted by Gasteiger charge is 2.22. The maximum Gasteiger partial charge on any atom is 0.0236 e. The number of hydrogen-bond donors (Lipinski definition) is 0. The molecular weight excluding hydrogens is 252 g/mol. The molecule has 0 bridgehead atoms. The topological polar surface area (TPSA) is 0 Å². The van der Waals surface area contributed by atoms with Crippen molar-refractivity contribution >= 4 is 0 Å². The van der Waals surface area contributed by atoms with Crippen molar-refractivity contribution in [2.75, 3.05) is 0 Å². The molecule has 1 atom stereocenters. The van der Waals surface area contributed by atoms with Crippen LogP contribution in [0.2, 0.25) is 0 Å². The van der Waals surface area contributed by atoms with Crippen molar-refractivity contribution in [1.82, 2.24) is 0 Å². The molecular formula is C21H32. The first-order chi connectivity index (χ1) is 9.93. The minimum atomic E-state index is 0.498. The Hall–Kier alpha value is -1.30. The van der Waals surface area contributed by atoms with Gasteiger partial charge in [-0.05, 0) is 82.2 Å². The minimum Gasteiger partial charge on any atom is -0.0873 e. The van der Waals surface area contributed by atoms with Gasteiger partial charge in [-0.15, -0.1) is 0 Å². The lowest BCUT2D eigenvalue weighted by Crippen LogP contribution is -2.10. The van der Waals surface area contributed by atoms with Gasteiger partial charge in [0.2, 0.25) is 0 Å². The lowest BCUT2D eigenvalue weighted by Gasteiger charge is -2.27. The third-order valence-corrected chi connectivity index (χ3v) is 4.65. The summed E-state index contributed by atoms with van der Waals surface area (Å²) in [5.41, 5.74) is 10.4. The molecule has 0 N–H and O–H groups in total. The number of rotatable bonds is 1. The van der Waals surface area contributed by atoms with Gasteiger partial charge in [0.25, 0.3) is 0 Å². The van der Waals surface area contributed by atoms with Crippen molar-refractivity contribution in [1.29, 1.82) is 0 Å². The highest BCUT2D eigenvalue weighted by molar-refractivity contribution is 5.51. The summed E-state index contributed by atoms with van der Waals surface area (Å²) in [5, 5.41) is 0. The van der Waals surface area contributed by atoms with Gasteiger partial charge in [-0.1, -0.05) is 43.2 Å². The van der Waals surface area contributed by atoms with Crippen LogP contribution in [0.1, 0.15) is 74.3 Å². The predicted octanol–water partition coefficient (Wildman–Crippen LogP) is 6.72. The van der Waals surface area contributed by atoms with Crippen LogP contribution in [0.15, 0.2) is 29.4 Å². The van der Waals surface area contributed by atoms with E-state index in [1.807, 2.05) is 13.8 Å². The van der Waals surface area contributed by atoms with Gasteiger partial charge in [-0.3, -0.25) is 0 Å². The summed E-state index contributed by atoms with van der Waals surface area (Å²) in [4.78, 5) is 0. The Morgan fingerprint density at radius 3 is 2.14 bits per heavy atom. The second-order valence-corrected chi connectivity index (χ2v) is 6.14. The van der Waals surface area contributed by atoms with Crippen molar-refractivity contribution in [2.45, 2.75) is 74.1 Å². The van der Waals surface area contributed by atoms with Crippen molar-refractivity contribution < 1.29 is 0 Å². The van der Waals surface area contributed by atoms with Crippen LogP contribution in [0, 0.1) is 27.7 Å². The standard InChI is InChI=1S/C19H26.C2H6/c1-12(2)17-9-7-8-10-18(17)19-14(4)11-13(3)15(5)16(19)6;1-2/h8,10-11,18H,7,9H2,1-6H3;1-2H3. The van der Waals surface area contributed by atoms with Crippen LogP contribution in [0.4, 0.5) is 0 Å². The molecule has 116 valence electrons. The molecule has 2 rings (SSSR count). The molecule has 0 aromatic heterocycles. The third-order valence-electron chi connectivity index (χ3n) is 4.65. The predicted molar refractivity (Wildman–Crippen MR) is 96.2 cm³/mol. The quantitative estimate of drug-likeness (QED) is 0.502. The molecule has 1 unspecified atom stereocenters. The zero-order chi connectivity index (χ0) is 16.2. The van der Waals surface area contributed by atoms with E-state index in [0.717, 1.165) is 0 Å². The SMILES string of the molecule is CC.CC(C)=C1CCC=CC1c1c(C)cc(C)c(C)c1C. The van der Waals surface area contributed by atoms with Crippen LogP contribution < -0.4 is 0 Å². The Labute approximate surface area is 132 Å². The number of benzene rings is 1. The molecule has 1 aromatic rings. The zero-order valence-corrected chi connectivity index (χ0v) is 15.2. The molecule has 21 heavy (non-hydrogen) atoms. The molecule has 0 saturated carbocycles. The van der Waals surface area contributed by atoms with Crippen LogP contribution in [0.25, 0.3) is 0 Å². The van der Waals surface area contributed by atoms with Crippen molar-refractivity contribution in [2.24, 2.45) is 0 Å².